The zero-order valence-corrected chi connectivity index (χ0v) is 7.84. The Morgan fingerprint density at radius 3 is 3.00 bits per heavy atom. The molecule has 68 valence electrons. The van der Waals surface area contributed by atoms with Crippen LogP contribution in [0.4, 0.5) is 0 Å². The molecule has 0 aliphatic rings. The molecule has 2 N–H and O–H groups in total. The van der Waals surface area contributed by atoms with E-state index in [-0.39, 0.29) is 0 Å². The van der Waals surface area contributed by atoms with Gasteiger partial charge in [-0.05, 0) is 24.6 Å². The quantitative estimate of drug-likeness (QED) is 0.800. The molecule has 0 amide bonds. The first kappa shape index (κ1) is 8.60. The number of hydrogen-bond acceptors (Lipinski definition) is 2. The Balaban J connectivity index is 2.63. The molecule has 2 nitrogen and oxygen atoms in total. The minimum atomic E-state index is 0.622. The van der Waals surface area contributed by atoms with Crippen LogP contribution in [0, 0.1) is 0 Å². The fourth-order valence-corrected chi connectivity index (χ4v) is 1.63. The van der Waals surface area contributed by atoms with Gasteiger partial charge in [0.05, 0.1) is 5.02 Å². The molecule has 0 aliphatic carbocycles. The summed E-state index contributed by atoms with van der Waals surface area (Å²) in [5.74, 6) is 0. The predicted molar refractivity (Wildman–Crippen MR) is 54.0 cm³/mol. The number of fused-ring (bicyclic) bond motifs is 1. The molecule has 13 heavy (non-hydrogen) atoms. The third kappa shape index (κ3) is 1.43. The van der Waals surface area contributed by atoms with Crippen molar-refractivity contribution in [2.45, 2.75) is 6.42 Å². The van der Waals surface area contributed by atoms with Crippen LogP contribution in [-0.2, 0) is 6.42 Å². The summed E-state index contributed by atoms with van der Waals surface area (Å²) in [4.78, 5) is 0. The summed E-state index contributed by atoms with van der Waals surface area (Å²) in [7, 11) is 0. The van der Waals surface area contributed by atoms with Gasteiger partial charge in [0.2, 0.25) is 0 Å². The van der Waals surface area contributed by atoms with Gasteiger partial charge in [-0.25, -0.2) is 0 Å². The van der Waals surface area contributed by atoms with Gasteiger partial charge in [-0.15, -0.1) is 0 Å². The summed E-state index contributed by atoms with van der Waals surface area (Å²) in [6, 6.07) is 5.92. The van der Waals surface area contributed by atoms with Crippen molar-refractivity contribution in [2.75, 3.05) is 6.54 Å². The molecule has 0 aliphatic heterocycles. The lowest BCUT2D eigenvalue weighted by Gasteiger charge is -1.98. The average Bonchev–Trinajstić information content (AvgIpc) is 2.50. The van der Waals surface area contributed by atoms with Gasteiger partial charge in [0, 0.05) is 5.39 Å². The first-order valence-corrected chi connectivity index (χ1v) is 4.55. The summed E-state index contributed by atoms with van der Waals surface area (Å²) >= 11 is 5.92. The summed E-state index contributed by atoms with van der Waals surface area (Å²) in [5, 5.41) is 1.63. The zero-order valence-electron chi connectivity index (χ0n) is 7.09. The fraction of sp³-hybridized carbons (Fsp3) is 0.200. The van der Waals surface area contributed by atoms with Crippen LogP contribution in [0.1, 0.15) is 5.56 Å². The third-order valence-electron chi connectivity index (χ3n) is 2.05. The maximum Gasteiger partial charge on any atom is 0.138 e. The monoisotopic (exact) mass is 195 g/mol. The largest absolute Gasteiger partial charge is 0.462 e. The molecule has 0 saturated heterocycles. The Kier molecular flexibility index (Phi) is 2.25. The highest BCUT2D eigenvalue weighted by molar-refractivity contribution is 6.35. The van der Waals surface area contributed by atoms with E-state index in [0.717, 1.165) is 23.0 Å². The second-order valence-corrected chi connectivity index (χ2v) is 3.32. The predicted octanol–water partition coefficient (Wildman–Crippen LogP) is 2.59. The second kappa shape index (κ2) is 3.40. The van der Waals surface area contributed by atoms with Gasteiger partial charge < -0.3 is 10.2 Å². The molecule has 0 spiro atoms. The number of benzene rings is 1. The highest BCUT2D eigenvalue weighted by atomic mass is 35.5. The molecular formula is C10H10ClNO. The number of hydrogen-bond donors (Lipinski definition) is 1. The molecule has 1 heterocycles. The molecule has 3 heteroatoms. The Morgan fingerprint density at radius 2 is 2.23 bits per heavy atom. The van der Waals surface area contributed by atoms with E-state index in [9.17, 15) is 0 Å². The van der Waals surface area contributed by atoms with Gasteiger partial charge in [0.25, 0.3) is 0 Å². The van der Waals surface area contributed by atoms with E-state index < -0.39 is 0 Å². The van der Waals surface area contributed by atoms with Crippen molar-refractivity contribution in [2.24, 2.45) is 5.73 Å². The van der Waals surface area contributed by atoms with Gasteiger partial charge in [0.1, 0.15) is 11.8 Å². The third-order valence-corrected chi connectivity index (χ3v) is 2.34. The van der Waals surface area contributed by atoms with Crippen LogP contribution in [0.25, 0.3) is 11.0 Å². The molecule has 2 aromatic rings. The smallest absolute Gasteiger partial charge is 0.138 e. The Hall–Kier alpha value is -0.990. The van der Waals surface area contributed by atoms with E-state index in [2.05, 4.69) is 0 Å². The zero-order chi connectivity index (χ0) is 9.26. The van der Waals surface area contributed by atoms with Crippen molar-refractivity contribution in [1.29, 1.82) is 0 Å². The molecule has 0 fully saturated rings. The molecule has 0 saturated carbocycles. The topological polar surface area (TPSA) is 39.2 Å². The van der Waals surface area contributed by atoms with Crippen LogP contribution in [0.2, 0.25) is 5.02 Å². The maximum atomic E-state index is 5.92. The summed E-state index contributed by atoms with van der Waals surface area (Å²) in [6.45, 7) is 0.622. The Morgan fingerprint density at radius 1 is 1.38 bits per heavy atom. The van der Waals surface area contributed by atoms with Gasteiger partial charge in [-0.3, -0.25) is 0 Å². The average molecular weight is 196 g/mol. The van der Waals surface area contributed by atoms with Crippen LogP contribution < -0.4 is 5.73 Å². The van der Waals surface area contributed by atoms with E-state index in [1.807, 2.05) is 18.2 Å². The number of rotatable bonds is 2. The van der Waals surface area contributed by atoms with Crippen LogP contribution in [0.3, 0.4) is 0 Å². The van der Waals surface area contributed by atoms with E-state index in [1.165, 1.54) is 0 Å². The molecule has 0 bridgehead atoms. The molecular weight excluding hydrogens is 186 g/mol. The van der Waals surface area contributed by atoms with Crippen molar-refractivity contribution in [3.8, 4) is 0 Å². The number of halogens is 1. The number of furan rings is 1. The van der Waals surface area contributed by atoms with Crippen molar-refractivity contribution < 1.29 is 4.42 Å². The first-order chi connectivity index (χ1) is 6.33. The van der Waals surface area contributed by atoms with Crippen LogP contribution in [-0.4, -0.2) is 6.54 Å². The van der Waals surface area contributed by atoms with Gasteiger partial charge >= 0.3 is 0 Å². The van der Waals surface area contributed by atoms with Crippen molar-refractivity contribution in [3.63, 3.8) is 0 Å². The van der Waals surface area contributed by atoms with Crippen LogP contribution in [0.5, 0.6) is 0 Å². The van der Waals surface area contributed by atoms with Gasteiger partial charge in [-0.1, -0.05) is 23.7 Å². The number of para-hydroxylation sites is 1. The lowest BCUT2D eigenvalue weighted by atomic mass is 10.1. The van der Waals surface area contributed by atoms with E-state index in [1.54, 1.807) is 6.26 Å². The summed E-state index contributed by atoms with van der Waals surface area (Å²) < 4.78 is 5.34. The van der Waals surface area contributed by atoms with Crippen LogP contribution >= 0.6 is 11.6 Å². The highest BCUT2D eigenvalue weighted by Crippen LogP contribution is 2.27. The lowest BCUT2D eigenvalue weighted by Crippen LogP contribution is -2.02. The lowest BCUT2D eigenvalue weighted by molar-refractivity contribution is 0.611. The normalized spacial score (nSPS) is 10.9. The Labute approximate surface area is 81.3 Å². The standard InChI is InChI=1S/C10H10ClNO/c11-9-6-13-10-7(4-5-12)2-1-3-8(9)10/h1-3,6H,4-5,12H2. The molecule has 1 aromatic carbocycles. The fourth-order valence-electron chi connectivity index (χ4n) is 1.44. The van der Waals surface area contributed by atoms with E-state index in [4.69, 9.17) is 21.8 Å². The van der Waals surface area contributed by atoms with Gasteiger partial charge in [-0.2, -0.15) is 0 Å². The van der Waals surface area contributed by atoms with Crippen LogP contribution in [0.15, 0.2) is 28.9 Å². The molecule has 0 unspecified atom stereocenters. The Bertz CT molecular complexity index is 422. The van der Waals surface area contributed by atoms with Gasteiger partial charge in [0.15, 0.2) is 0 Å². The number of nitrogens with two attached hydrogens (primary N) is 1. The summed E-state index contributed by atoms with van der Waals surface area (Å²) in [5.41, 5.74) is 7.46. The SMILES string of the molecule is NCCc1cccc2c(Cl)coc12. The molecule has 0 atom stereocenters. The summed E-state index contributed by atoms with van der Waals surface area (Å²) in [6.07, 6.45) is 2.38. The minimum absolute atomic E-state index is 0.622. The van der Waals surface area contributed by atoms with Crippen molar-refractivity contribution in [3.05, 3.63) is 35.0 Å². The van der Waals surface area contributed by atoms with E-state index >= 15 is 0 Å². The van der Waals surface area contributed by atoms with Crippen molar-refractivity contribution >= 4 is 22.6 Å². The van der Waals surface area contributed by atoms with E-state index in [0.29, 0.717) is 11.6 Å². The second-order valence-electron chi connectivity index (χ2n) is 2.92. The minimum Gasteiger partial charge on any atom is -0.462 e. The maximum absolute atomic E-state index is 5.92. The first-order valence-electron chi connectivity index (χ1n) is 4.17. The molecule has 0 radical (unpaired) electrons. The van der Waals surface area contributed by atoms with Crippen molar-refractivity contribution in [1.82, 2.24) is 0 Å². The highest BCUT2D eigenvalue weighted by Gasteiger charge is 2.06. The molecule has 2 rings (SSSR count). The molecule has 1 aromatic heterocycles.